The second-order valence-electron chi connectivity index (χ2n) is 7.66. The number of hydrogen-bond acceptors (Lipinski definition) is 4. The lowest BCUT2D eigenvalue weighted by atomic mass is 10.1. The molecule has 1 atom stereocenters. The number of sulfone groups is 1. The molecule has 0 N–H and O–H groups in total. The van der Waals surface area contributed by atoms with Crippen molar-refractivity contribution in [1.82, 2.24) is 4.90 Å². The summed E-state index contributed by atoms with van der Waals surface area (Å²) in [5.74, 6) is 0.620. The van der Waals surface area contributed by atoms with Crippen molar-refractivity contribution in [3.05, 3.63) is 64.7 Å². The summed E-state index contributed by atoms with van der Waals surface area (Å²) in [6.45, 7) is 3.07. The summed E-state index contributed by atoms with van der Waals surface area (Å²) in [6.07, 6.45) is 3.70. The standard InChI is InChI=1S/C23H28ClNO4S/c1-2-3-6-14-29-21-11-9-18(10-12-21)23(26)25(20-13-15-30(27,28)17-20)16-19-7-4-5-8-22(19)24/h4-5,7-12,20H,2-3,6,13-17H2,1H3/t20-/m0/s1. The first kappa shape index (κ1) is 22.6. The number of carbonyl (C=O) groups excluding carboxylic acids is 1. The van der Waals surface area contributed by atoms with Crippen LogP contribution < -0.4 is 4.74 Å². The zero-order valence-corrected chi connectivity index (χ0v) is 18.8. The Hall–Kier alpha value is -2.05. The van der Waals surface area contributed by atoms with Crippen LogP contribution in [0.25, 0.3) is 0 Å². The topological polar surface area (TPSA) is 63.7 Å². The van der Waals surface area contributed by atoms with E-state index in [0.717, 1.165) is 30.6 Å². The number of hydrogen-bond donors (Lipinski definition) is 0. The predicted molar refractivity (Wildman–Crippen MR) is 120 cm³/mol. The molecular formula is C23H28ClNO4S. The van der Waals surface area contributed by atoms with E-state index in [2.05, 4.69) is 6.92 Å². The van der Waals surface area contributed by atoms with E-state index in [9.17, 15) is 13.2 Å². The first-order valence-electron chi connectivity index (χ1n) is 10.4. The molecule has 1 heterocycles. The van der Waals surface area contributed by atoms with Crippen molar-refractivity contribution in [2.45, 2.75) is 45.2 Å². The van der Waals surface area contributed by atoms with Gasteiger partial charge in [-0.2, -0.15) is 0 Å². The van der Waals surface area contributed by atoms with Gasteiger partial charge in [-0.25, -0.2) is 8.42 Å². The molecule has 1 aliphatic rings. The Bertz CT molecular complexity index is 959. The van der Waals surface area contributed by atoms with E-state index in [0.29, 0.717) is 23.6 Å². The van der Waals surface area contributed by atoms with Crippen LogP contribution in [0.1, 0.15) is 48.5 Å². The van der Waals surface area contributed by atoms with E-state index in [4.69, 9.17) is 16.3 Å². The largest absolute Gasteiger partial charge is 0.494 e. The molecule has 0 radical (unpaired) electrons. The number of benzene rings is 2. The van der Waals surface area contributed by atoms with Crippen molar-refractivity contribution in [2.24, 2.45) is 0 Å². The van der Waals surface area contributed by atoms with Gasteiger partial charge in [0.15, 0.2) is 9.84 Å². The number of nitrogens with zero attached hydrogens (tertiary/aromatic N) is 1. The fourth-order valence-corrected chi connectivity index (χ4v) is 5.53. The minimum atomic E-state index is -3.13. The van der Waals surface area contributed by atoms with Gasteiger partial charge in [0.2, 0.25) is 0 Å². The van der Waals surface area contributed by atoms with Crippen LogP contribution in [0.15, 0.2) is 48.5 Å². The van der Waals surface area contributed by atoms with Gasteiger partial charge in [-0.3, -0.25) is 4.79 Å². The maximum absolute atomic E-state index is 13.3. The monoisotopic (exact) mass is 449 g/mol. The first-order valence-corrected chi connectivity index (χ1v) is 12.6. The molecule has 1 aliphatic heterocycles. The van der Waals surface area contributed by atoms with E-state index in [-0.39, 0.29) is 30.0 Å². The highest BCUT2D eigenvalue weighted by atomic mass is 35.5. The molecule has 1 amide bonds. The van der Waals surface area contributed by atoms with Crippen molar-refractivity contribution < 1.29 is 17.9 Å². The summed E-state index contributed by atoms with van der Waals surface area (Å²) in [7, 11) is -3.13. The van der Waals surface area contributed by atoms with Crippen LogP contribution in [0.3, 0.4) is 0 Å². The normalized spacial score (nSPS) is 17.6. The summed E-state index contributed by atoms with van der Waals surface area (Å²) in [5, 5.41) is 0.562. The molecule has 0 unspecified atom stereocenters. The molecule has 162 valence electrons. The van der Waals surface area contributed by atoms with Crippen molar-refractivity contribution in [1.29, 1.82) is 0 Å². The average Bonchev–Trinajstić information content (AvgIpc) is 3.10. The van der Waals surface area contributed by atoms with Crippen molar-refractivity contribution in [3.63, 3.8) is 0 Å². The third-order valence-corrected chi connectivity index (χ3v) is 7.45. The molecule has 2 aromatic carbocycles. The Balaban J connectivity index is 1.77. The van der Waals surface area contributed by atoms with Gasteiger partial charge in [0.1, 0.15) is 5.75 Å². The molecule has 0 aliphatic carbocycles. The van der Waals surface area contributed by atoms with Gasteiger partial charge in [0.05, 0.1) is 18.1 Å². The van der Waals surface area contributed by atoms with E-state index in [1.54, 1.807) is 35.2 Å². The van der Waals surface area contributed by atoms with E-state index >= 15 is 0 Å². The molecule has 0 bridgehead atoms. The molecule has 3 rings (SSSR count). The molecule has 0 saturated carbocycles. The second kappa shape index (κ2) is 10.3. The maximum Gasteiger partial charge on any atom is 0.254 e. The smallest absolute Gasteiger partial charge is 0.254 e. The Morgan fingerprint density at radius 1 is 1.13 bits per heavy atom. The molecule has 0 spiro atoms. The number of amides is 1. The lowest BCUT2D eigenvalue weighted by Crippen LogP contribution is -2.40. The van der Waals surface area contributed by atoms with Crippen molar-refractivity contribution >= 4 is 27.3 Å². The van der Waals surface area contributed by atoms with Gasteiger partial charge in [-0.05, 0) is 48.7 Å². The van der Waals surface area contributed by atoms with Crippen LogP contribution in [0.5, 0.6) is 5.75 Å². The first-order chi connectivity index (χ1) is 14.4. The van der Waals surface area contributed by atoms with Gasteiger partial charge >= 0.3 is 0 Å². The fraction of sp³-hybridized carbons (Fsp3) is 0.435. The summed E-state index contributed by atoms with van der Waals surface area (Å²) >= 11 is 6.30. The summed E-state index contributed by atoms with van der Waals surface area (Å²) in [5.41, 5.74) is 1.31. The van der Waals surface area contributed by atoms with Crippen LogP contribution >= 0.6 is 11.6 Å². The predicted octanol–water partition coefficient (Wildman–Crippen LogP) is 4.74. The van der Waals surface area contributed by atoms with E-state index < -0.39 is 9.84 Å². The Morgan fingerprint density at radius 2 is 1.87 bits per heavy atom. The van der Waals surface area contributed by atoms with Gasteiger partial charge in [0.25, 0.3) is 5.91 Å². The van der Waals surface area contributed by atoms with Crippen LogP contribution in [0, 0.1) is 0 Å². The number of ether oxygens (including phenoxy) is 1. The van der Waals surface area contributed by atoms with E-state index in [1.807, 2.05) is 18.2 Å². The minimum Gasteiger partial charge on any atom is -0.494 e. The highest BCUT2D eigenvalue weighted by Gasteiger charge is 2.35. The van der Waals surface area contributed by atoms with Crippen LogP contribution in [-0.2, 0) is 16.4 Å². The quantitative estimate of drug-likeness (QED) is 0.519. The molecule has 1 saturated heterocycles. The lowest BCUT2D eigenvalue weighted by Gasteiger charge is -2.29. The highest BCUT2D eigenvalue weighted by molar-refractivity contribution is 7.91. The van der Waals surface area contributed by atoms with Gasteiger partial charge < -0.3 is 9.64 Å². The van der Waals surface area contributed by atoms with Gasteiger partial charge in [-0.1, -0.05) is 49.6 Å². The van der Waals surface area contributed by atoms with Crippen LogP contribution in [-0.4, -0.2) is 43.4 Å². The Kier molecular flexibility index (Phi) is 7.78. The second-order valence-corrected chi connectivity index (χ2v) is 10.3. The Labute approximate surface area is 183 Å². The summed E-state index contributed by atoms with van der Waals surface area (Å²) < 4.78 is 29.8. The summed E-state index contributed by atoms with van der Waals surface area (Å²) in [6, 6.07) is 14.0. The number of unbranched alkanes of at least 4 members (excludes halogenated alkanes) is 2. The zero-order valence-electron chi connectivity index (χ0n) is 17.2. The lowest BCUT2D eigenvalue weighted by molar-refractivity contribution is 0.0681. The Morgan fingerprint density at radius 3 is 2.50 bits per heavy atom. The third kappa shape index (κ3) is 5.99. The molecule has 5 nitrogen and oxygen atoms in total. The van der Waals surface area contributed by atoms with Gasteiger partial charge in [0, 0.05) is 23.2 Å². The van der Waals surface area contributed by atoms with Crippen LogP contribution in [0.2, 0.25) is 5.02 Å². The highest BCUT2D eigenvalue weighted by Crippen LogP contribution is 2.25. The maximum atomic E-state index is 13.3. The minimum absolute atomic E-state index is 0.0121. The van der Waals surface area contributed by atoms with E-state index in [1.165, 1.54) is 0 Å². The fourth-order valence-electron chi connectivity index (χ4n) is 3.60. The molecule has 30 heavy (non-hydrogen) atoms. The average molecular weight is 450 g/mol. The molecular weight excluding hydrogens is 422 g/mol. The summed E-state index contributed by atoms with van der Waals surface area (Å²) in [4.78, 5) is 15.0. The molecule has 7 heteroatoms. The van der Waals surface area contributed by atoms with Crippen molar-refractivity contribution in [3.8, 4) is 5.75 Å². The third-order valence-electron chi connectivity index (χ3n) is 5.33. The zero-order chi connectivity index (χ0) is 21.6. The molecule has 1 fully saturated rings. The number of rotatable bonds is 9. The van der Waals surface area contributed by atoms with Crippen molar-refractivity contribution in [2.75, 3.05) is 18.1 Å². The molecule has 2 aromatic rings. The van der Waals surface area contributed by atoms with Gasteiger partial charge in [-0.15, -0.1) is 0 Å². The molecule has 0 aromatic heterocycles. The number of carbonyl (C=O) groups is 1. The SMILES string of the molecule is CCCCCOc1ccc(C(=O)N(Cc2ccccc2Cl)[C@H]2CCS(=O)(=O)C2)cc1. The van der Waals surface area contributed by atoms with Crippen LogP contribution in [0.4, 0.5) is 0 Å². The number of halogens is 1.